The summed E-state index contributed by atoms with van der Waals surface area (Å²) >= 11 is 1.77. The molecule has 3 nitrogen and oxygen atoms in total. The van der Waals surface area contributed by atoms with Crippen LogP contribution in [0.2, 0.25) is 0 Å². The van der Waals surface area contributed by atoms with Crippen LogP contribution in [0.15, 0.2) is 0 Å². The van der Waals surface area contributed by atoms with Crippen LogP contribution in [0.1, 0.15) is 26.2 Å². The average Bonchev–Trinajstić information content (AvgIpc) is 2.82. The second-order valence-electron chi connectivity index (χ2n) is 3.53. The molecule has 0 aromatic heterocycles. The highest BCUT2D eigenvalue weighted by molar-refractivity contribution is 8.00. The molecule has 1 rings (SSSR count). The third kappa shape index (κ3) is 3.48. The van der Waals surface area contributed by atoms with Crippen molar-refractivity contribution >= 4 is 21.8 Å². The van der Waals surface area contributed by atoms with E-state index >= 15 is 0 Å². The van der Waals surface area contributed by atoms with Gasteiger partial charge < -0.3 is 0 Å². The van der Waals surface area contributed by atoms with E-state index < -0.39 is 10.0 Å². The van der Waals surface area contributed by atoms with E-state index in [-0.39, 0.29) is 10.5 Å². The molecule has 0 unspecified atom stereocenters. The smallest absolute Gasteiger partial charge is 0.211 e. The van der Waals surface area contributed by atoms with Crippen LogP contribution in [-0.4, -0.2) is 31.7 Å². The molecule has 1 aliphatic carbocycles. The predicted octanol–water partition coefficient (Wildman–Crippen LogP) is 1.21. The molecular formula is C8H17NO2S2. The molecule has 1 aliphatic rings. The lowest BCUT2D eigenvalue weighted by Gasteiger charge is -2.12. The van der Waals surface area contributed by atoms with Gasteiger partial charge in [-0.3, -0.25) is 0 Å². The first-order valence-electron chi connectivity index (χ1n) is 4.56. The standard InChI is InChI=1S/C8H17NO2S2/c1-3-6-13(10,11)9-7-8(12-2)4-5-8/h9H,3-7H2,1-2H3. The summed E-state index contributed by atoms with van der Waals surface area (Å²) in [5.74, 6) is 0.247. The Hall–Kier alpha value is 0.260. The van der Waals surface area contributed by atoms with Crippen molar-refractivity contribution in [1.82, 2.24) is 4.72 Å². The molecule has 13 heavy (non-hydrogen) atoms. The molecule has 0 radical (unpaired) electrons. The minimum absolute atomic E-state index is 0.223. The normalized spacial score (nSPS) is 20.2. The summed E-state index contributed by atoms with van der Waals surface area (Å²) < 4.78 is 25.5. The lowest BCUT2D eigenvalue weighted by Crippen LogP contribution is -2.33. The highest BCUT2D eigenvalue weighted by Gasteiger charge is 2.42. The largest absolute Gasteiger partial charge is 0.214 e. The summed E-state index contributed by atoms with van der Waals surface area (Å²) in [6, 6.07) is 0. The Labute approximate surface area is 84.7 Å². The maximum Gasteiger partial charge on any atom is 0.211 e. The van der Waals surface area contributed by atoms with Crippen molar-refractivity contribution in [3.05, 3.63) is 0 Å². The zero-order valence-electron chi connectivity index (χ0n) is 8.17. The number of rotatable bonds is 6. The molecule has 1 N–H and O–H groups in total. The minimum Gasteiger partial charge on any atom is -0.214 e. The topological polar surface area (TPSA) is 46.2 Å². The molecule has 5 heteroatoms. The van der Waals surface area contributed by atoms with Gasteiger partial charge in [0.2, 0.25) is 10.0 Å². The van der Waals surface area contributed by atoms with Crippen molar-refractivity contribution in [2.24, 2.45) is 0 Å². The first-order valence-corrected chi connectivity index (χ1v) is 7.44. The van der Waals surface area contributed by atoms with Gasteiger partial charge in [-0.2, -0.15) is 11.8 Å². The molecule has 78 valence electrons. The number of sulfonamides is 1. The van der Waals surface area contributed by atoms with Gasteiger partial charge in [-0.15, -0.1) is 0 Å². The molecular weight excluding hydrogens is 206 g/mol. The fourth-order valence-corrected chi connectivity index (χ4v) is 3.17. The number of thioether (sulfide) groups is 1. The first-order chi connectivity index (χ1) is 6.04. The van der Waals surface area contributed by atoms with E-state index in [0.717, 1.165) is 12.8 Å². The second kappa shape index (κ2) is 4.19. The van der Waals surface area contributed by atoms with Gasteiger partial charge >= 0.3 is 0 Å². The van der Waals surface area contributed by atoms with Crippen molar-refractivity contribution in [2.45, 2.75) is 30.9 Å². The number of nitrogens with one attached hydrogen (secondary N) is 1. The molecule has 0 aliphatic heterocycles. The number of hydrogen-bond donors (Lipinski definition) is 1. The molecule has 0 spiro atoms. The van der Waals surface area contributed by atoms with Crippen LogP contribution in [0.4, 0.5) is 0 Å². The Bertz CT molecular complexity index is 257. The van der Waals surface area contributed by atoms with E-state index in [4.69, 9.17) is 0 Å². The SMILES string of the molecule is CCCS(=O)(=O)NCC1(SC)CC1. The monoisotopic (exact) mass is 223 g/mol. The van der Waals surface area contributed by atoms with Crippen molar-refractivity contribution in [1.29, 1.82) is 0 Å². The Morgan fingerprint density at radius 2 is 2.08 bits per heavy atom. The van der Waals surface area contributed by atoms with Crippen LogP contribution in [0, 0.1) is 0 Å². The molecule has 1 fully saturated rings. The van der Waals surface area contributed by atoms with Crippen LogP contribution in [0.25, 0.3) is 0 Å². The maximum atomic E-state index is 11.3. The Balaban J connectivity index is 2.33. The minimum atomic E-state index is -3.00. The molecule has 0 bridgehead atoms. The van der Waals surface area contributed by atoms with Crippen LogP contribution < -0.4 is 4.72 Å². The van der Waals surface area contributed by atoms with Gasteiger partial charge in [0.05, 0.1) is 5.75 Å². The summed E-state index contributed by atoms with van der Waals surface area (Å²) in [5, 5.41) is 0. The van der Waals surface area contributed by atoms with Crippen LogP contribution >= 0.6 is 11.8 Å². The Morgan fingerprint density at radius 3 is 2.46 bits per heavy atom. The fourth-order valence-electron chi connectivity index (χ4n) is 1.17. The van der Waals surface area contributed by atoms with Gasteiger partial charge in [0.25, 0.3) is 0 Å². The van der Waals surface area contributed by atoms with E-state index in [9.17, 15) is 8.42 Å². The Morgan fingerprint density at radius 1 is 1.46 bits per heavy atom. The van der Waals surface area contributed by atoms with E-state index in [1.165, 1.54) is 0 Å². The van der Waals surface area contributed by atoms with Gasteiger partial charge in [0.15, 0.2) is 0 Å². The van der Waals surface area contributed by atoms with Crippen LogP contribution in [-0.2, 0) is 10.0 Å². The van der Waals surface area contributed by atoms with Gasteiger partial charge in [-0.1, -0.05) is 6.92 Å². The number of hydrogen-bond acceptors (Lipinski definition) is 3. The van der Waals surface area contributed by atoms with Gasteiger partial charge in [-0.25, -0.2) is 13.1 Å². The highest BCUT2D eigenvalue weighted by Crippen LogP contribution is 2.46. The molecule has 0 heterocycles. The highest BCUT2D eigenvalue weighted by atomic mass is 32.2. The Kier molecular flexibility index (Phi) is 3.65. The predicted molar refractivity (Wildman–Crippen MR) is 57.6 cm³/mol. The maximum absolute atomic E-state index is 11.3. The molecule has 0 aromatic carbocycles. The summed E-state index contributed by atoms with van der Waals surface area (Å²) in [7, 11) is -3.00. The van der Waals surface area contributed by atoms with Crippen molar-refractivity contribution in [3.8, 4) is 0 Å². The molecule has 0 aromatic rings. The van der Waals surface area contributed by atoms with Crippen molar-refractivity contribution in [3.63, 3.8) is 0 Å². The van der Waals surface area contributed by atoms with E-state index in [1.807, 2.05) is 13.2 Å². The summed E-state index contributed by atoms with van der Waals surface area (Å²) in [6.45, 7) is 2.48. The molecule has 0 amide bonds. The van der Waals surface area contributed by atoms with Crippen molar-refractivity contribution < 1.29 is 8.42 Å². The van der Waals surface area contributed by atoms with Gasteiger partial charge in [-0.05, 0) is 25.5 Å². The average molecular weight is 223 g/mol. The van der Waals surface area contributed by atoms with Crippen LogP contribution in [0.5, 0.6) is 0 Å². The quantitative estimate of drug-likeness (QED) is 0.736. The second-order valence-corrected chi connectivity index (χ2v) is 6.73. The molecule has 0 saturated heterocycles. The van der Waals surface area contributed by atoms with Gasteiger partial charge in [0.1, 0.15) is 0 Å². The lowest BCUT2D eigenvalue weighted by atomic mass is 10.4. The van der Waals surface area contributed by atoms with Gasteiger partial charge in [0, 0.05) is 11.3 Å². The van der Waals surface area contributed by atoms with E-state index in [0.29, 0.717) is 13.0 Å². The zero-order chi connectivity index (χ0) is 9.95. The fraction of sp³-hybridized carbons (Fsp3) is 1.00. The summed E-state index contributed by atoms with van der Waals surface area (Å²) in [5.41, 5.74) is 0. The summed E-state index contributed by atoms with van der Waals surface area (Å²) in [4.78, 5) is 0. The third-order valence-corrected chi connectivity index (χ3v) is 5.28. The molecule has 0 atom stereocenters. The van der Waals surface area contributed by atoms with E-state index in [2.05, 4.69) is 4.72 Å². The van der Waals surface area contributed by atoms with Crippen LogP contribution in [0.3, 0.4) is 0 Å². The third-order valence-electron chi connectivity index (χ3n) is 2.33. The van der Waals surface area contributed by atoms with Crippen molar-refractivity contribution in [2.75, 3.05) is 18.6 Å². The molecule has 1 saturated carbocycles. The summed E-state index contributed by atoms with van der Waals surface area (Å²) in [6.07, 6.45) is 5.01. The van der Waals surface area contributed by atoms with E-state index in [1.54, 1.807) is 11.8 Å². The lowest BCUT2D eigenvalue weighted by molar-refractivity contribution is 0.578. The zero-order valence-corrected chi connectivity index (χ0v) is 9.80. The first kappa shape index (κ1) is 11.3.